The van der Waals surface area contributed by atoms with E-state index in [1.54, 1.807) is 4.90 Å². The van der Waals surface area contributed by atoms with Gasteiger partial charge in [0.05, 0.1) is 11.3 Å². The van der Waals surface area contributed by atoms with Gasteiger partial charge in [-0.25, -0.2) is 4.39 Å². The maximum Gasteiger partial charge on any atom is 0.256 e. The van der Waals surface area contributed by atoms with Gasteiger partial charge < -0.3 is 20.0 Å². The van der Waals surface area contributed by atoms with Crippen LogP contribution in [0, 0.1) is 11.7 Å². The second kappa shape index (κ2) is 8.71. The number of amides is 3. The number of rotatable bonds is 5. The van der Waals surface area contributed by atoms with E-state index in [1.807, 2.05) is 0 Å². The summed E-state index contributed by atoms with van der Waals surface area (Å²) in [5, 5.41) is 2.88. The summed E-state index contributed by atoms with van der Waals surface area (Å²) in [4.78, 5) is 43.8. The lowest BCUT2D eigenvalue weighted by Gasteiger charge is -2.30. The van der Waals surface area contributed by atoms with Crippen LogP contribution in [-0.4, -0.2) is 72.8 Å². The van der Waals surface area contributed by atoms with Crippen LogP contribution >= 0.6 is 0 Å². The number of carbonyl (C=O) groups excluding carboxylic acids is 3. The van der Waals surface area contributed by atoms with Gasteiger partial charge in [-0.3, -0.25) is 14.4 Å². The number of carbonyl (C=O) groups is 3. The summed E-state index contributed by atoms with van der Waals surface area (Å²) in [5.74, 6) is -0.680. The minimum absolute atomic E-state index is 0.180. The van der Waals surface area contributed by atoms with Gasteiger partial charge in [0, 0.05) is 19.6 Å². The third kappa shape index (κ3) is 4.19. The van der Waals surface area contributed by atoms with E-state index in [9.17, 15) is 18.8 Å². The Labute approximate surface area is 176 Å². The first-order valence-electron chi connectivity index (χ1n) is 10.8. The molecule has 7 nitrogen and oxygen atoms in total. The molecule has 0 radical (unpaired) electrons. The lowest BCUT2D eigenvalue weighted by atomic mass is 9.99. The van der Waals surface area contributed by atoms with Crippen LogP contribution in [0.15, 0.2) is 18.2 Å². The fourth-order valence-electron chi connectivity index (χ4n) is 4.63. The molecule has 3 amide bonds. The highest BCUT2D eigenvalue weighted by Crippen LogP contribution is 2.32. The fraction of sp³-hybridized carbons (Fsp3) is 0.591. The molecule has 3 aliphatic rings. The molecular weight excluding hydrogens is 387 g/mol. The number of hydrogen-bond acceptors (Lipinski definition) is 4. The second-order valence-electron chi connectivity index (χ2n) is 8.62. The largest absolute Gasteiger partial charge is 0.353 e. The molecule has 1 aromatic rings. The van der Waals surface area contributed by atoms with Crippen molar-refractivity contribution in [1.29, 1.82) is 0 Å². The molecule has 2 fully saturated rings. The Balaban J connectivity index is 1.44. The number of likely N-dealkylation sites (tertiary alicyclic amines) is 1. The van der Waals surface area contributed by atoms with Crippen LogP contribution in [0.5, 0.6) is 0 Å². The van der Waals surface area contributed by atoms with Crippen molar-refractivity contribution in [2.45, 2.75) is 38.6 Å². The van der Waals surface area contributed by atoms with Crippen molar-refractivity contribution in [2.75, 3.05) is 44.2 Å². The highest BCUT2D eigenvalue weighted by atomic mass is 19.1. The topological polar surface area (TPSA) is 73.0 Å². The van der Waals surface area contributed by atoms with E-state index in [4.69, 9.17) is 0 Å². The molecule has 1 atom stereocenters. The zero-order chi connectivity index (χ0) is 21.3. The molecule has 30 heavy (non-hydrogen) atoms. The van der Waals surface area contributed by atoms with E-state index in [0.29, 0.717) is 19.5 Å². The van der Waals surface area contributed by atoms with Gasteiger partial charge in [-0.2, -0.15) is 0 Å². The average Bonchev–Trinajstić information content (AvgIpc) is 3.20. The molecule has 162 valence electrons. The van der Waals surface area contributed by atoms with E-state index in [-0.39, 0.29) is 35.5 Å². The third-order valence-electron chi connectivity index (χ3n) is 6.47. The first-order valence-corrected chi connectivity index (χ1v) is 10.8. The highest BCUT2D eigenvalue weighted by Gasteiger charge is 2.42. The van der Waals surface area contributed by atoms with Crippen LogP contribution in [0.3, 0.4) is 0 Å². The lowest BCUT2D eigenvalue weighted by Crippen LogP contribution is -2.48. The van der Waals surface area contributed by atoms with Crippen molar-refractivity contribution in [1.82, 2.24) is 15.1 Å². The predicted octanol–water partition coefficient (Wildman–Crippen LogP) is 1.62. The molecule has 1 N–H and O–H groups in total. The summed E-state index contributed by atoms with van der Waals surface area (Å²) in [6, 6.07) is 3.21. The summed E-state index contributed by atoms with van der Waals surface area (Å²) in [5.41, 5.74) is 0.448. The zero-order valence-electron chi connectivity index (χ0n) is 17.4. The van der Waals surface area contributed by atoms with E-state index in [1.165, 1.54) is 35.9 Å². The van der Waals surface area contributed by atoms with Crippen molar-refractivity contribution in [2.24, 2.45) is 5.92 Å². The molecule has 0 unspecified atom stereocenters. The van der Waals surface area contributed by atoms with E-state index < -0.39 is 11.9 Å². The molecular formula is C22H29FN4O3. The molecule has 4 rings (SSSR count). The number of hydrogen-bond donors (Lipinski definition) is 1. The second-order valence-corrected chi connectivity index (χ2v) is 8.62. The van der Waals surface area contributed by atoms with Crippen molar-refractivity contribution in [3.63, 3.8) is 0 Å². The molecule has 0 aliphatic carbocycles. The molecule has 1 aromatic carbocycles. The Morgan fingerprint density at radius 1 is 1.17 bits per heavy atom. The van der Waals surface area contributed by atoms with Gasteiger partial charge in [0.1, 0.15) is 18.4 Å². The maximum absolute atomic E-state index is 13.9. The van der Waals surface area contributed by atoms with Crippen molar-refractivity contribution >= 4 is 23.4 Å². The number of benzene rings is 1. The van der Waals surface area contributed by atoms with Gasteiger partial charge in [-0.15, -0.1) is 0 Å². The highest BCUT2D eigenvalue weighted by molar-refractivity contribution is 6.12. The Kier molecular flexibility index (Phi) is 6.04. The van der Waals surface area contributed by atoms with Gasteiger partial charge in [-0.1, -0.05) is 6.92 Å². The number of nitrogens with zero attached hydrogens (tertiary/aromatic N) is 3. The Morgan fingerprint density at radius 2 is 1.93 bits per heavy atom. The predicted molar refractivity (Wildman–Crippen MR) is 111 cm³/mol. The fourth-order valence-corrected chi connectivity index (χ4v) is 4.63. The number of nitrogens with one attached hydrogen (secondary N) is 1. The number of anilines is 1. The molecule has 0 saturated carbocycles. The smallest absolute Gasteiger partial charge is 0.256 e. The first kappa shape index (κ1) is 20.8. The van der Waals surface area contributed by atoms with Gasteiger partial charge in [0.2, 0.25) is 11.8 Å². The SMILES string of the molecule is CC1CCN(CCNC(=O)CN2C(=O)[C@H]3CCCN3C(=O)c3ccc(F)cc32)CC1. The Bertz CT molecular complexity index is 838. The quantitative estimate of drug-likeness (QED) is 0.792. The van der Waals surface area contributed by atoms with Gasteiger partial charge >= 0.3 is 0 Å². The van der Waals surface area contributed by atoms with Crippen molar-refractivity contribution in [3.05, 3.63) is 29.6 Å². The minimum atomic E-state index is -0.587. The van der Waals surface area contributed by atoms with E-state index in [0.717, 1.165) is 32.0 Å². The summed E-state index contributed by atoms with van der Waals surface area (Å²) in [7, 11) is 0. The molecule has 3 heterocycles. The van der Waals surface area contributed by atoms with Gasteiger partial charge in [0.15, 0.2) is 0 Å². The first-order chi connectivity index (χ1) is 14.4. The van der Waals surface area contributed by atoms with Crippen LogP contribution in [0.4, 0.5) is 10.1 Å². The van der Waals surface area contributed by atoms with Crippen LogP contribution < -0.4 is 10.2 Å². The average molecular weight is 416 g/mol. The number of fused-ring (bicyclic) bond motifs is 2. The normalized spacial score (nSPS) is 22.7. The summed E-state index contributed by atoms with van der Waals surface area (Å²) < 4.78 is 13.9. The lowest BCUT2D eigenvalue weighted by molar-refractivity contribution is -0.125. The van der Waals surface area contributed by atoms with Gasteiger partial charge in [0.25, 0.3) is 5.91 Å². The van der Waals surface area contributed by atoms with Crippen molar-refractivity contribution < 1.29 is 18.8 Å². The molecule has 0 spiro atoms. The standard InChI is InChI=1S/C22H29FN4O3/c1-15-6-10-25(11-7-15)12-8-24-20(28)14-27-19-13-16(23)4-5-17(19)21(29)26-9-2-3-18(26)22(27)30/h4-5,13,15,18H,2-3,6-12,14H2,1H3,(H,24,28)/t18-/m1/s1. The third-order valence-corrected chi connectivity index (χ3v) is 6.47. The summed E-state index contributed by atoms with van der Waals surface area (Å²) in [6.07, 6.45) is 3.65. The van der Waals surface area contributed by atoms with E-state index >= 15 is 0 Å². The Hall–Kier alpha value is -2.48. The van der Waals surface area contributed by atoms with Crippen LogP contribution in [-0.2, 0) is 9.59 Å². The zero-order valence-corrected chi connectivity index (χ0v) is 17.4. The van der Waals surface area contributed by atoms with Crippen LogP contribution in [0.2, 0.25) is 0 Å². The summed E-state index contributed by atoms with van der Waals surface area (Å²) in [6.45, 7) is 5.88. The number of halogens is 1. The molecule has 0 bridgehead atoms. The maximum atomic E-state index is 13.9. The minimum Gasteiger partial charge on any atom is -0.353 e. The molecule has 3 aliphatic heterocycles. The van der Waals surface area contributed by atoms with Crippen molar-refractivity contribution in [3.8, 4) is 0 Å². The monoisotopic (exact) mass is 416 g/mol. The molecule has 8 heteroatoms. The number of piperidine rings is 1. The van der Waals surface area contributed by atoms with Gasteiger partial charge in [-0.05, 0) is 62.9 Å². The van der Waals surface area contributed by atoms with Crippen LogP contribution in [0.25, 0.3) is 0 Å². The molecule has 0 aromatic heterocycles. The Morgan fingerprint density at radius 3 is 2.70 bits per heavy atom. The van der Waals surface area contributed by atoms with E-state index in [2.05, 4.69) is 17.1 Å². The summed E-state index contributed by atoms with van der Waals surface area (Å²) >= 11 is 0. The molecule has 2 saturated heterocycles. The van der Waals surface area contributed by atoms with Crippen LogP contribution in [0.1, 0.15) is 43.0 Å².